The molecular weight excluding hydrogens is 248 g/mol. The first-order chi connectivity index (χ1) is 9.28. The summed E-state index contributed by atoms with van der Waals surface area (Å²) in [4.78, 5) is 14.1. The number of hydrogen-bond acceptors (Lipinski definition) is 2. The maximum Gasteiger partial charge on any atom is 0.220 e. The average Bonchev–Trinajstić information content (AvgIpc) is 2.33. The number of benzene rings is 1. The molecule has 0 radical (unpaired) electrons. The van der Waals surface area contributed by atoms with Crippen LogP contribution in [0.5, 0.6) is 0 Å². The minimum absolute atomic E-state index is 0.0388. The van der Waals surface area contributed by atoms with E-state index in [1.165, 1.54) is 5.56 Å². The van der Waals surface area contributed by atoms with Crippen molar-refractivity contribution in [2.75, 3.05) is 20.6 Å². The number of carbonyl (C=O) groups is 1. The monoisotopic (exact) mass is 276 g/mol. The summed E-state index contributed by atoms with van der Waals surface area (Å²) in [6.45, 7) is 6.94. The lowest BCUT2D eigenvalue weighted by molar-refractivity contribution is -0.123. The minimum Gasteiger partial charge on any atom is -0.355 e. The fourth-order valence-electron chi connectivity index (χ4n) is 2.10. The van der Waals surface area contributed by atoms with Crippen LogP contribution in [0.25, 0.3) is 0 Å². The first-order valence-corrected chi connectivity index (χ1v) is 7.25. The molecule has 0 saturated heterocycles. The van der Waals surface area contributed by atoms with E-state index in [-0.39, 0.29) is 11.3 Å². The molecule has 1 aromatic rings. The topological polar surface area (TPSA) is 32.3 Å². The van der Waals surface area contributed by atoms with Crippen molar-refractivity contribution in [2.24, 2.45) is 5.41 Å². The van der Waals surface area contributed by atoms with E-state index in [0.29, 0.717) is 19.0 Å². The van der Waals surface area contributed by atoms with Crippen LogP contribution >= 0.6 is 0 Å². The van der Waals surface area contributed by atoms with Gasteiger partial charge in [0.2, 0.25) is 5.91 Å². The van der Waals surface area contributed by atoms with Gasteiger partial charge in [-0.2, -0.15) is 0 Å². The Morgan fingerprint density at radius 3 is 2.30 bits per heavy atom. The SMILES string of the molecule is CN(C)C(CNC(=O)CC(C)(C)C)Cc1ccccc1. The lowest BCUT2D eigenvalue weighted by atomic mass is 9.92. The van der Waals surface area contributed by atoms with Crippen molar-refractivity contribution in [3.63, 3.8) is 0 Å². The van der Waals surface area contributed by atoms with Crippen LogP contribution < -0.4 is 5.32 Å². The zero-order valence-electron chi connectivity index (χ0n) is 13.4. The second-order valence-corrected chi connectivity index (χ2v) is 6.85. The molecule has 0 aliphatic rings. The fourth-order valence-corrected chi connectivity index (χ4v) is 2.10. The molecule has 20 heavy (non-hydrogen) atoms. The van der Waals surface area contributed by atoms with Crippen molar-refractivity contribution in [3.05, 3.63) is 35.9 Å². The lowest BCUT2D eigenvalue weighted by Gasteiger charge is -2.26. The predicted octanol–water partition coefficient (Wildman–Crippen LogP) is 2.71. The molecule has 112 valence electrons. The Labute approximate surface area is 123 Å². The van der Waals surface area contributed by atoms with Crippen LogP contribution in [-0.2, 0) is 11.2 Å². The van der Waals surface area contributed by atoms with E-state index < -0.39 is 0 Å². The van der Waals surface area contributed by atoms with Crippen molar-refractivity contribution < 1.29 is 4.79 Å². The third-order valence-electron chi connectivity index (χ3n) is 3.27. The molecule has 0 bridgehead atoms. The van der Waals surface area contributed by atoms with Gasteiger partial charge in [-0.15, -0.1) is 0 Å². The summed E-state index contributed by atoms with van der Waals surface area (Å²) in [6.07, 6.45) is 1.52. The molecule has 1 atom stereocenters. The Balaban J connectivity index is 2.50. The predicted molar refractivity (Wildman–Crippen MR) is 84.7 cm³/mol. The summed E-state index contributed by atoms with van der Waals surface area (Å²) in [5.41, 5.74) is 1.34. The summed E-state index contributed by atoms with van der Waals surface area (Å²) < 4.78 is 0. The second-order valence-electron chi connectivity index (χ2n) is 6.85. The molecule has 1 aromatic carbocycles. The molecule has 0 aliphatic heterocycles. The van der Waals surface area contributed by atoms with E-state index in [2.05, 4.69) is 69.3 Å². The van der Waals surface area contributed by atoms with Gasteiger partial charge in [0.15, 0.2) is 0 Å². The summed E-state index contributed by atoms with van der Waals surface area (Å²) >= 11 is 0. The van der Waals surface area contributed by atoms with Gasteiger partial charge in [-0.05, 0) is 31.5 Å². The maximum absolute atomic E-state index is 11.9. The first kappa shape index (κ1) is 16.7. The Kier molecular flexibility index (Phi) is 6.21. The van der Waals surface area contributed by atoms with Crippen LogP contribution in [0.15, 0.2) is 30.3 Å². The van der Waals surface area contributed by atoms with Gasteiger partial charge in [-0.3, -0.25) is 4.79 Å². The highest BCUT2D eigenvalue weighted by atomic mass is 16.1. The Hall–Kier alpha value is -1.35. The van der Waals surface area contributed by atoms with Gasteiger partial charge in [0, 0.05) is 19.0 Å². The van der Waals surface area contributed by atoms with E-state index in [0.717, 1.165) is 6.42 Å². The highest BCUT2D eigenvalue weighted by molar-refractivity contribution is 5.76. The van der Waals surface area contributed by atoms with Crippen molar-refractivity contribution in [1.82, 2.24) is 10.2 Å². The summed E-state index contributed by atoms with van der Waals surface area (Å²) in [5, 5.41) is 3.06. The minimum atomic E-state index is 0.0388. The molecule has 3 heteroatoms. The second kappa shape index (κ2) is 7.44. The third kappa shape index (κ3) is 6.71. The van der Waals surface area contributed by atoms with E-state index in [1.54, 1.807) is 0 Å². The number of likely N-dealkylation sites (N-methyl/N-ethyl adjacent to an activating group) is 1. The number of nitrogens with one attached hydrogen (secondary N) is 1. The van der Waals surface area contributed by atoms with Gasteiger partial charge < -0.3 is 10.2 Å². The zero-order chi connectivity index (χ0) is 15.2. The number of amides is 1. The molecule has 1 N–H and O–H groups in total. The van der Waals surface area contributed by atoms with Crippen LogP contribution in [0.4, 0.5) is 0 Å². The molecule has 1 unspecified atom stereocenters. The number of carbonyl (C=O) groups excluding carboxylic acids is 1. The van der Waals surface area contributed by atoms with E-state index in [4.69, 9.17) is 0 Å². The Morgan fingerprint density at radius 1 is 1.20 bits per heavy atom. The number of nitrogens with zero attached hydrogens (tertiary/aromatic N) is 1. The molecule has 0 saturated carbocycles. The van der Waals surface area contributed by atoms with Crippen molar-refractivity contribution in [3.8, 4) is 0 Å². The standard InChI is InChI=1S/C17H28N2O/c1-17(2,3)12-16(20)18-13-15(19(4)5)11-14-9-7-6-8-10-14/h6-10,15H,11-13H2,1-5H3,(H,18,20). The van der Waals surface area contributed by atoms with Gasteiger partial charge in [0.25, 0.3) is 0 Å². The summed E-state index contributed by atoms with van der Waals surface area (Å²) in [5.74, 6) is 0.136. The number of rotatable bonds is 6. The van der Waals surface area contributed by atoms with Crippen LogP contribution in [-0.4, -0.2) is 37.5 Å². The molecule has 3 nitrogen and oxygen atoms in total. The average molecular weight is 276 g/mol. The van der Waals surface area contributed by atoms with Gasteiger partial charge in [0.05, 0.1) is 0 Å². The van der Waals surface area contributed by atoms with Gasteiger partial charge >= 0.3 is 0 Å². The summed E-state index contributed by atoms with van der Waals surface area (Å²) in [6, 6.07) is 10.7. The molecule has 1 amide bonds. The van der Waals surface area contributed by atoms with Crippen LogP contribution in [0.1, 0.15) is 32.8 Å². The zero-order valence-corrected chi connectivity index (χ0v) is 13.4. The molecule has 1 rings (SSSR count). The van der Waals surface area contributed by atoms with Gasteiger partial charge in [0.1, 0.15) is 0 Å². The largest absolute Gasteiger partial charge is 0.355 e. The molecule has 0 aromatic heterocycles. The van der Waals surface area contributed by atoms with Crippen LogP contribution in [0.3, 0.4) is 0 Å². The summed E-state index contributed by atoms with van der Waals surface area (Å²) in [7, 11) is 4.12. The van der Waals surface area contributed by atoms with Crippen molar-refractivity contribution in [2.45, 2.75) is 39.7 Å². The van der Waals surface area contributed by atoms with Crippen molar-refractivity contribution >= 4 is 5.91 Å². The van der Waals surface area contributed by atoms with Gasteiger partial charge in [-0.1, -0.05) is 51.1 Å². The quantitative estimate of drug-likeness (QED) is 0.866. The van der Waals surface area contributed by atoms with E-state index in [1.807, 2.05) is 6.07 Å². The third-order valence-corrected chi connectivity index (χ3v) is 3.27. The van der Waals surface area contributed by atoms with E-state index in [9.17, 15) is 4.79 Å². The lowest BCUT2D eigenvalue weighted by Crippen LogP contribution is -2.42. The van der Waals surface area contributed by atoms with Crippen LogP contribution in [0, 0.1) is 5.41 Å². The maximum atomic E-state index is 11.9. The molecular formula is C17H28N2O. The normalized spacial score (nSPS) is 13.3. The molecule has 0 aliphatic carbocycles. The Morgan fingerprint density at radius 2 is 1.80 bits per heavy atom. The van der Waals surface area contributed by atoms with Crippen LogP contribution in [0.2, 0.25) is 0 Å². The van der Waals surface area contributed by atoms with Gasteiger partial charge in [-0.25, -0.2) is 0 Å². The highest BCUT2D eigenvalue weighted by Crippen LogP contribution is 2.17. The van der Waals surface area contributed by atoms with Crippen molar-refractivity contribution in [1.29, 1.82) is 0 Å². The number of hydrogen-bond donors (Lipinski definition) is 1. The first-order valence-electron chi connectivity index (χ1n) is 7.25. The molecule has 0 fully saturated rings. The fraction of sp³-hybridized carbons (Fsp3) is 0.588. The smallest absolute Gasteiger partial charge is 0.220 e. The Bertz CT molecular complexity index is 407. The highest BCUT2D eigenvalue weighted by Gasteiger charge is 2.18. The molecule has 0 spiro atoms. The van der Waals surface area contributed by atoms with E-state index >= 15 is 0 Å². The molecule has 0 heterocycles.